The third kappa shape index (κ3) is 3.43. The van der Waals surface area contributed by atoms with Crippen LogP contribution in [0.1, 0.15) is 44.8 Å². The average Bonchev–Trinajstić information content (AvgIpc) is 3.51. The van der Waals surface area contributed by atoms with E-state index in [-0.39, 0.29) is 12.8 Å². The van der Waals surface area contributed by atoms with Crippen molar-refractivity contribution in [3.05, 3.63) is 64.2 Å². The molecule has 0 bridgehead atoms. The number of hydrogen-bond donors (Lipinski definition) is 0. The van der Waals surface area contributed by atoms with Gasteiger partial charge in [-0.1, -0.05) is 35.9 Å². The smallest absolute Gasteiger partial charge is 0.343 e. The van der Waals surface area contributed by atoms with Gasteiger partial charge in [-0.3, -0.25) is 4.90 Å². The second-order valence-electron chi connectivity index (χ2n) is 9.50. The molecular formula is C29H29NO7. The number of rotatable bonds is 5. The van der Waals surface area contributed by atoms with E-state index in [1.54, 1.807) is 14.2 Å². The second kappa shape index (κ2) is 8.88. The monoisotopic (exact) mass is 503 g/mol. The Morgan fingerprint density at radius 1 is 0.946 bits per heavy atom. The highest BCUT2D eigenvalue weighted by Gasteiger charge is 2.47. The first kappa shape index (κ1) is 23.5. The van der Waals surface area contributed by atoms with E-state index in [9.17, 15) is 4.79 Å². The number of ether oxygens (including phenoxy) is 6. The van der Waals surface area contributed by atoms with Gasteiger partial charge in [0.05, 0.1) is 27.4 Å². The molecule has 0 spiro atoms. The summed E-state index contributed by atoms with van der Waals surface area (Å²) in [4.78, 5) is 15.4. The lowest BCUT2D eigenvalue weighted by atomic mass is 9.81. The normalized spacial score (nSPS) is 19.8. The van der Waals surface area contributed by atoms with E-state index in [1.165, 1.54) is 7.11 Å². The Kier molecular flexibility index (Phi) is 5.64. The molecule has 0 aliphatic carbocycles. The maximum absolute atomic E-state index is 13.2. The largest absolute Gasteiger partial charge is 0.493 e. The minimum Gasteiger partial charge on any atom is -0.493 e. The molecule has 8 heteroatoms. The van der Waals surface area contributed by atoms with Gasteiger partial charge in [-0.25, -0.2) is 4.79 Å². The van der Waals surface area contributed by atoms with Crippen molar-refractivity contribution in [2.75, 3.05) is 41.7 Å². The Balaban J connectivity index is 1.60. The zero-order chi connectivity index (χ0) is 25.8. The van der Waals surface area contributed by atoms with Gasteiger partial charge in [-0.2, -0.15) is 0 Å². The van der Waals surface area contributed by atoms with Gasteiger partial charge in [0.25, 0.3) is 0 Å². The summed E-state index contributed by atoms with van der Waals surface area (Å²) in [5.41, 5.74) is 6.41. The first-order valence-corrected chi connectivity index (χ1v) is 12.2. The Morgan fingerprint density at radius 2 is 1.73 bits per heavy atom. The van der Waals surface area contributed by atoms with Crippen molar-refractivity contribution in [2.45, 2.75) is 25.5 Å². The van der Waals surface area contributed by atoms with Gasteiger partial charge >= 0.3 is 5.97 Å². The summed E-state index contributed by atoms with van der Waals surface area (Å²) in [5.74, 6) is 2.31. The number of aryl methyl sites for hydroxylation is 1. The molecular weight excluding hydrogens is 474 g/mol. The summed E-state index contributed by atoms with van der Waals surface area (Å²) >= 11 is 0. The van der Waals surface area contributed by atoms with Gasteiger partial charge in [0.1, 0.15) is 11.7 Å². The molecule has 1 unspecified atom stereocenters. The van der Waals surface area contributed by atoms with Gasteiger partial charge in [0, 0.05) is 23.2 Å². The Bertz CT molecular complexity index is 1420. The number of carbonyl (C=O) groups is 1. The zero-order valence-corrected chi connectivity index (χ0v) is 21.5. The van der Waals surface area contributed by atoms with E-state index in [1.807, 2.05) is 25.2 Å². The van der Waals surface area contributed by atoms with Crippen molar-refractivity contribution in [1.29, 1.82) is 0 Å². The van der Waals surface area contributed by atoms with Gasteiger partial charge in [-0.15, -0.1) is 0 Å². The van der Waals surface area contributed by atoms with Crippen molar-refractivity contribution in [1.82, 2.24) is 4.90 Å². The number of carbonyl (C=O) groups excluding carboxylic acids is 1. The van der Waals surface area contributed by atoms with E-state index in [4.69, 9.17) is 28.4 Å². The van der Waals surface area contributed by atoms with E-state index in [2.05, 4.69) is 30.0 Å². The van der Waals surface area contributed by atoms with E-state index in [0.717, 1.165) is 46.3 Å². The van der Waals surface area contributed by atoms with Crippen LogP contribution in [0.2, 0.25) is 0 Å². The van der Waals surface area contributed by atoms with E-state index < -0.39 is 12.1 Å². The van der Waals surface area contributed by atoms with Crippen molar-refractivity contribution < 1.29 is 33.2 Å². The molecule has 3 aliphatic heterocycles. The summed E-state index contributed by atoms with van der Waals surface area (Å²) in [5, 5.41) is 0. The van der Waals surface area contributed by atoms with Crippen LogP contribution in [0.15, 0.2) is 36.4 Å². The van der Waals surface area contributed by atoms with E-state index >= 15 is 0 Å². The van der Waals surface area contributed by atoms with Gasteiger partial charge in [0.2, 0.25) is 12.5 Å². The minimum atomic E-state index is -0.578. The van der Waals surface area contributed by atoms with Crippen molar-refractivity contribution in [2.24, 2.45) is 0 Å². The van der Waals surface area contributed by atoms with Crippen LogP contribution in [0, 0.1) is 6.92 Å². The highest BCUT2D eigenvalue weighted by molar-refractivity contribution is 5.98. The maximum atomic E-state index is 13.2. The Morgan fingerprint density at radius 3 is 2.46 bits per heavy atom. The third-order valence-electron chi connectivity index (χ3n) is 7.52. The summed E-state index contributed by atoms with van der Waals surface area (Å²) in [6.45, 7) is 2.95. The van der Waals surface area contributed by atoms with Crippen LogP contribution in [0.3, 0.4) is 0 Å². The SMILES string of the molecule is COc1ccc2c(c1OC)C(=O)O[C@@H]2C1c2c(c(-c3cccc(C)c3)c3c(c2OC)OCO3)CCN1C. The van der Waals surface area contributed by atoms with Crippen LogP contribution in [-0.4, -0.2) is 52.6 Å². The van der Waals surface area contributed by atoms with Crippen LogP contribution >= 0.6 is 0 Å². The molecule has 0 radical (unpaired) electrons. The molecule has 8 nitrogen and oxygen atoms in total. The summed E-state index contributed by atoms with van der Waals surface area (Å²) < 4.78 is 35.1. The average molecular weight is 504 g/mol. The van der Waals surface area contributed by atoms with Crippen LogP contribution < -0.4 is 23.7 Å². The number of esters is 1. The first-order valence-electron chi connectivity index (χ1n) is 12.2. The van der Waals surface area contributed by atoms with Crippen molar-refractivity contribution in [3.63, 3.8) is 0 Å². The number of methoxy groups -OCH3 is 3. The van der Waals surface area contributed by atoms with Gasteiger partial charge < -0.3 is 28.4 Å². The predicted molar refractivity (Wildman–Crippen MR) is 136 cm³/mol. The molecule has 0 N–H and O–H groups in total. The number of cyclic esters (lactones) is 1. The second-order valence-corrected chi connectivity index (χ2v) is 9.50. The predicted octanol–water partition coefficient (Wildman–Crippen LogP) is 4.86. The number of benzene rings is 3. The fourth-order valence-corrected chi connectivity index (χ4v) is 5.94. The molecule has 2 atom stereocenters. The van der Waals surface area contributed by atoms with Gasteiger partial charge in [0.15, 0.2) is 23.0 Å². The lowest BCUT2D eigenvalue weighted by Crippen LogP contribution is -2.36. The highest BCUT2D eigenvalue weighted by Crippen LogP contribution is 2.58. The standard InChI is InChI=1S/C29H29NO7/c1-15-7-6-8-16(13-15)20-17-11-12-30(2)23(21(17)26(34-5)28-27(20)35-14-36-28)24-18-9-10-19(32-3)25(33-4)22(18)29(31)37-24/h6-10,13,23-24H,11-12,14H2,1-5H3/t23?,24-/m0/s1. The number of nitrogens with zero attached hydrogens (tertiary/aromatic N) is 1. The fourth-order valence-electron chi connectivity index (χ4n) is 5.94. The third-order valence-corrected chi connectivity index (χ3v) is 7.52. The summed E-state index contributed by atoms with van der Waals surface area (Å²) in [6, 6.07) is 11.7. The molecule has 6 rings (SSSR count). The molecule has 0 aromatic heterocycles. The molecule has 0 fully saturated rings. The molecule has 0 saturated heterocycles. The Labute approximate surface area is 215 Å². The molecule has 0 saturated carbocycles. The number of hydrogen-bond acceptors (Lipinski definition) is 8. The van der Waals surface area contributed by atoms with Crippen molar-refractivity contribution in [3.8, 4) is 39.9 Å². The number of fused-ring (bicyclic) bond motifs is 3. The molecule has 0 amide bonds. The summed E-state index contributed by atoms with van der Waals surface area (Å²) in [6.07, 6.45) is 0.198. The lowest BCUT2D eigenvalue weighted by molar-refractivity contribution is 0.00877. The Hall–Kier alpha value is -3.91. The number of likely N-dealkylation sites (N-methyl/N-ethyl adjacent to an activating group) is 1. The first-order chi connectivity index (χ1) is 18.0. The van der Waals surface area contributed by atoms with Crippen LogP contribution in [0.25, 0.3) is 11.1 Å². The molecule has 37 heavy (non-hydrogen) atoms. The van der Waals surface area contributed by atoms with Gasteiger partial charge in [-0.05, 0) is 37.6 Å². The highest BCUT2D eigenvalue weighted by atomic mass is 16.7. The minimum absolute atomic E-state index is 0.117. The summed E-state index contributed by atoms with van der Waals surface area (Å²) in [7, 11) is 6.75. The zero-order valence-electron chi connectivity index (χ0n) is 21.5. The maximum Gasteiger partial charge on any atom is 0.343 e. The molecule has 3 aromatic carbocycles. The fraction of sp³-hybridized carbons (Fsp3) is 0.345. The van der Waals surface area contributed by atoms with Crippen LogP contribution in [0.4, 0.5) is 0 Å². The molecule has 3 aromatic rings. The molecule has 3 aliphatic rings. The molecule has 3 heterocycles. The topological polar surface area (TPSA) is 75.7 Å². The van der Waals surface area contributed by atoms with Crippen LogP contribution in [-0.2, 0) is 11.2 Å². The van der Waals surface area contributed by atoms with Crippen molar-refractivity contribution >= 4 is 5.97 Å². The van der Waals surface area contributed by atoms with E-state index in [0.29, 0.717) is 34.3 Å². The quantitative estimate of drug-likeness (QED) is 0.457. The molecule has 192 valence electrons. The lowest BCUT2D eigenvalue weighted by Gasteiger charge is -2.39. The van der Waals surface area contributed by atoms with Crippen LogP contribution in [0.5, 0.6) is 28.7 Å².